The molecule has 1 N–H and O–H groups in total. The predicted molar refractivity (Wildman–Crippen MR) is 79.3 cm³/mol. The van der Waals surface area contributed by atoms with Crippen molar-refractivity contribution in [2.24, 2.45) is 0 Å². The number of carbonyl (C=O) groups is 1. The molecular formula is C15H14ClNO3. The maximum Gasteiger partial charge on any atom is 0.335 e. The lowest BCUT2D eigenvalue weighted by molar-refractivity contribution is 0.0697. The van der Waals surface area contributed by atoms with Crippen LogP contribution in [0.2, 0.25) is 5.02 Å². The van der Waals surface area contributed by atoms with Crippen molar-refractivity contribution in [3.05, 3.63) is 53.1 Å². The number of benzene rings is 2. The molecule has 0 fully saturated rings. The summed E-state index contributed by atoms with van der Waals surface area (Å²) in [4.78, 5) is 12.8. The fourth-order valence-corrected chi connectivity index (χ4v) is 1.89. The van der Waals surface area contributed by atoms with Crippen LogP contribution in [0.3, 0.4) is 0 Å². The summed E-state index contributed by atoms with van der Waals surface area (Å²) in [5.41, 5.74) is 1.13. The Morgan fingerprint density at radius 3 is 2.55 bits per heavy atom. The van der Waals surface area contributed by atoms with Crippen molar-refractivity contribution in [1.82, 2.24) is 0 Å². The molecule has 0 aromatic heterocycles. The molecule has 5 heteroatoms. The fraction of sp³-hybridized carbons (Fsp3) is 0.133. The average molecular weight is 292 g/mol. The molecule has 0 radical (unpaired) electrons. The van der Waals surface area contributed by atoms with Crippen molar-refractivity contribution in [3.8, 4) is 11.5 Å². The first-order chi connectivity index (χ1) is 9.47. The summed E-state index contributed by atoms with van der Waals surface area (Å²) in [7, 11) is 3.88. The highest BCUT2D eigenvalue weighted by molar-refractivity contribution is 6.32. The van der Waals surface area contributed by atoms with Gasteiger partial charge in [-0.2, -0.15) is 0 Å². The summed E-state index contributed by atoms with van der Waals surface area (Å²) < 4.78 is 5.68. The van der Waals surface area contributed by atoms with Gasteiger partial charge in [0.2, 0.25) is 0 Å². The molecule has 0 aliphatic carbocycles. The minimum absolute atomic E-state index is 0.129. The first-order valence-corrected chi connectivity index (χ1v) is 6.33. The minimum atomic E-state index is -1.02. The molecule has 2 aromatic carbocycles. The third-order valence-electron chi connectivity index (χ3n) is 2.74. The van der Waals surface area contributed by atoms with Gasteiger partial charge in [-0.3, -0.25) is 0 Å². The molecular weight excluding hydrogens is 278 g/mol. The van der Waals surface area contributed by atoms with Gasteiger partial charge in [0.15, 0.2) is 0 Å². The summed E-state index contributed by atoms with van der Waals surface area (Å²) in [5.74, 6) is 0.0433. The monoisotopic (exact) mass is 291 g/mol. The SMILES string of the molecule is CN(C)c1cccc(Oc2ccc(C(=O)O)cc2Cl)c1. The van der Waals surface area contributed by atoms with Crippen LogP contribution in [-0.2, 0) is 0 Å². The Kier molecular flexibility index (Phi) is 4.15. The van der Waals surface area contributed by atoms with Crippen molar-refractivity contribution >= 4 is 23.3 Å². The zero-order valence-electron chi connectivity index (χ0n) is 11.1. The molecule has 0 spiro atoms. The number of halogens is 1. The average Bonchev–Trinajstić information content (AvgIpc) is 2.41. The summed E-state index contributed by atoms with van der Waals surface area (Å²) in [6.45, 7) is 0. The van der Waals surface area contributed by atoms with Crippen LogP contribution in [0.5, 0.6) is 11.5 Å². The third-order valence-corrected chi connectivity index (χ3v) is 3.04. The number of carboxylic acids is 1. The maximum absolute atomic E-state index is 10.8. The van der Waals surface area contributed by atoms with Gasteiger partial charge in [-0.15, -0.1) is 0 Å². The van der Waals surface area contributed by atoms with Gasteiger partial charge < -0.3 is 14.7 Å². The number of anilines is 1. The largest absolute Gasteiger partial charge is 0.478 e. The predicted octanol–water partition coefficient (Wildman–Crippen LogP) is 3.90. The molecule has 20 heavy (non-hydrogen) atoms. The number of carboxylic acid groups (broad SMARTS) is 1. The first kappa shape index (κ1) is 14.2. The lowest BCUT2D eigenvalue weighted by Crippen LogP contribution is -2.08. The van der Waals surface area contributed by atoms with Gasteiger partial charge in [0.1, 0.15) is 11.5 Å². The second-order valence-corrected chi connectivity index (χ2v) is 4.85. The Hall–Kier alpha value is -2.20. The van der Waals surface area contributed by atoms with Gasteiger partial charge in [-0.05, 0) is 30.3 Å². The van der Waals surface area contributed by atoms with E-state index in [9.17, 15) is 4.79 Å². The first-order valence-electron chi connectivity index (χ1n) is 5.95. The van der Waals surface area contributed by atoms with Crippen molar-refractivity contribution < 1.29 is 14.6 Å². The quantitative estimate of drug-likeness (QED) is 0.928. The second-order valence-electron chi connectivity index (χ2n) is 4.44. The highest BCUT2D eigenvalue weighted by Gasteiger charge is 2.09. The highest BCUT2D eigenvalue weighted by Crippen LogP contribution is 2.31. The molecule has 0 saturated heterocycles. The maximum atomic E-state index is 10.8. The van der Waals surface area contributed by atoms with Crippen LogP contribution < -0.4 is 9.64 Å². The van der Waals surface area contributed by atoms with E-state index in [0.29, 0.717) is 11.5 Å². The molecule has 4 nitrogen and oxygen atoms in total. The molecule has 2 rings (SSSR count). The van der Waals surface area contributed by atoms with Gasteiger partial charge in [-0.1, -0.05) is 17.7 Å². The molecule has 0 heterocycles. The Balaban J connectivity index is 2.26. The highest BCUT2D eigenvalue weighted by atomic mass is 35.5. The minimum Gasteiger partial charge on any atom is -0.478 e. The second kappa shape index (κ2) is 5.84. The topological polar surface area (TPSA) is 49.8 Å². The molecule has 104 valence electrons. The molecule has 0 bridgehead atoms. The summed E-state index contributed by atoms with van der Waals surface area (Å²) in [6.07, 6.45) is 0. The van der Waals surface area contributed by atoms with Crippen molar-refractivity contribution in [2.45, 2.75) is 0 Å². The smallest absolute Gasteiger partial charge is 0.335 e. The molecule has 2 aromatic rings. The zero-order valence-corrected chi connectivity index (χ0v) is 11.9. The van der Waals surface area contributed by atoms with Crippen LogP contribution in [0.4, 0.5) is 5.69 Å². The van der Waals surface area contributed by atoms with Crippen LogP contribution in [0.15, 0.2) is 42.5 Å². The molecule has 0 amide bonds. The van der Waals surface area contributed by atoms with E-state index < -0.39 is 5.97 Å². The molecule has 0 atom stereocenters. The summed E-state index contributed by atoms with van der Waals surface area (Å²) >= 11 is 6.03. The van der Waals surface area contributed by atoms with Crippen LogP contribution in [0.25, 0.3) is 0 Å². The fourth-order valence-electron chi connectivity index (χ4n) is 1.67. The Bertz CT molecular complexity index is 641. The lowest BCUT2D eigenvalue weighted by atomic mass is 10.2. The van der Waals surface area contributed by atoms with E-state index in [0.717, 1.165) is 5.69 Å². The van der Waals surface area contributed by atoms with Crippen molar-refractivity contribution in [2.75, 3.05) is 19.0 Å². The third kappa shape index (κ3) is 3.22. The van der Waals surface area contributed by atoms with Gasteiger partial charge in [0.25, 0.3) is 0 Å². The number of nitrogens with zero attached hydrogens (tertiary/aromatic N) is 1. The Morgan fingerprint density at radius 1 is 1.20 bits per heavy atom. The molecule has 0 aliphatic rings. The lowest BCUT2D eigenvalue weighted by Gasteiger charge is -2.14. The van der Waals surface area contributed by atoms with Crippen LogP contribution in [0, 0.1) is 0 Å². The van der Waals surface area contributed by atoms with E-state index in [2.05, 4.69) is 0 Å². The van der Waals surface area contributed by atoms with Gasteiger partial charge >= 0.3 is 5.97 Å². The van der Waals surface area contributed by atoms with Gasteiger partial charge in [-0.25, -0.2) is 4.79 Å². The summed E-state index contributed by atoms with van der Waals surface area (Å²) in [6, 6.07) is 11.9. The number of ether oxygens (including phenoxy) is 1. The number of hydrogen-bond acceptors (Lipinski definition) is 3. The molecule has 0 aliphatic heterocycles. The molecule has 0 unspecified atom stereocenters. The zero-order chi connectivity index (χ0) is 14.7. The van der Waals surface area contributed by atoms with E-state index in [1.54, 1.807) is 6.07 Å². The molecule has 0 saturated carbocycles. The van der Waals surface area contributed by atoms with E-state index >= 15 is 0 Å². The van der Waals surface area contributed by atoms with E-state index in [1.807, 2.05) is 43.3 Å². The number of hydrogen-bond donors (Lipinski definition) is 1. The number of aromatic carboxylic acids is 1. The van der Waals surface area contributed by atoms with E-state index in [1.165, 1.54) is 12.1 Å². The van der Waals surface area contributed by atoms with Crippen molar-refractivity contribution in [1.29, 1.82) is 0 Å². The van der Waals surface area contributed by atoms with Gasteiger partial charge in [0, 0.05) is 25.8 Å². The van der Waals surface area contributed by atoms with Crippen LogP contribution in [-0.4, -0.2) is 25.2 Å². The number of rotatable bonds is 4. The summed E-state index contributed by atoms with van der Waals surface area (Å²) in [5, 5.41) is 9.15. The normalized spacial score (nSPS) is 10.2. The standard InChI is InChI=1S/C15H14ClNO3/c1-17(2)11-4-3-5-12(9-11)20-14-7-6-10(15(18)19)8-13(14)16/h3-9H,1-2H3,(H,18,19). The Morgan fingerprint density at radius 2 is 1.95 bits per heavy atom. The van der Waals surface area contributed by atoms with E-state index in [-0.39, 0.29) is 10.6 Å². The van der Waals surface area contributed by atoms with Gasteiger partial charge in [0.05, 0.1) is 10.6 Å². The van der Waals surface area contributed by atoms with Crippen molar-refractivity contribution in [3.63, 3.8) is 0 Å². The van der Waals surface area contributed by atoms with Crippen LogP contribution in [0.1, 0.15) is 10.4 Å². The Labute approximate surface area is 122 Å². The van der Waals surface area contributed by atoms with Crippen LogP contribution >= 0.6 is 11.6 Å². The van der Waals surface area contributed by atoms with E-state index in [4.69, 9.17) is 21.4 Å².